The standard InChI is InChI=1S/C22H30OSi/c1-5-13-21(23)22(18(3)6-2)24(4,19-14-9-7-10-15-19)20-16-11-8-12-17-20/h7-12,14-18,22H,5-6,13H2,1-4H3. The van der Waals surface area contributed by atoms with Gasteiger partial charge >= 0.3 is 0 Å². The highest BCUT2D eigenvalue weighted by Crippen LogP contribution is 2.34. The molecule has 0 bridgehead atoms. The van der Waals surface area contributed by atoms with Gasteiger partial charge in [0.05, 0.1) is 0 Å². The number of Topliss-reactive ketones (excluding diaryl/α,β-unsaturated/α-hetero) is 1. The summed E-state index contributed by atoms with van der Waals surface area (Å²) < 4.78 is 0. The maximum Gasteiger partial charge on any atom is 0.134 e. The van der Waals surface area contributed by atoms with Gasteiger partial charge < -0.3 is 0 Å². The third-order valence-electron chi connectivity index (χ3n) is 5.43. The van der Waals surface area contributed by atoms with Crippen molar-refractivity contribution < 1.29 is 4.79 Å². The first-order valence-corrected chi connectivity index (χ1v) is 11.8. The van der Waals surface area contributed by atoms with Crippen molar-refractivity contribution in [2.24, 2.45) is 5.92 Å². The van der Waals surface area contributed by atoms with Gasteiger partial charge in [-0.2, -0.15) is 0 Å². The highest BCUT2D eigenvalue weighted by atomic mass is 28.3. The zero-order valence-corrected chi connectivity index (χ0v) is 16.5. The smallest absolute Gasteiger partial charge is 0.134 e. The molecule has 0 aliphatic rings. The molecule has 0 saturated heterocycles. The van der Waals surface area contributed by atoms with E-state index in [2.05, 4.69) is 88.0 Å². The van der Waals surface area contributed by atoms with Gasteiger partial charge in [0.15, 0.2) is 0 Å². The van der Waals surface area contributed by atoms with Crippen LogP contribution < -0.4 is 10.4 Å². The zero-order valence-electron chi connectivity index (χ0n) is 15.5. The second kappa shape index (κ2) is 8.43. The van der Waals surface area contributed by atoms with Gasteiger partial charge in [-0.1, -0.05) is 105 Å². The van der Waals surface area contributed by atoms with Crippen molar-refractivity contribution in [3.8, 4) is 0 Å². The topological polar surface area (TPSA) is 17.1 Å². The lowest BCUT2D eigenvalue weighted by atomic mass is 9.99. The third-order valence-corrected chi connectivity index (χ3v) is 10.6. The summed E-state index contributed by atoms with van der Waals surface area (Å²) in [5, 5.41) is 2.73. The van der Waals surface area contributed by atoms with Crippen LogP contribution in [-0.4, -0.2) is 13.9 Å². The average molecular weight is 339 g/mol. The fourth-order valence-corrected chi connectivity index (χ4v) is 8.92. The van der Waals surface area contributed by atoms with Crippen molar-refractivity contribution >= 4 is 24.2 Å². The van der Waals surface area contributed by atoms with E-state index in [1.54, 1.807) is 0 Å². The van der Waals surface area contributed by atoms with E-state index in [-0.39, 0.29) is 5.54 Å². The van der Waals surface area contributed by atoms with Crippen molar-refractivity contribution in [1.82, 2.24) is 0 Å². The number of benzene rings is 2. The van der Waals surface area contributed by atoms with Crippen LogP contribution in [0, 0.1) is 5.92 Å². The van der Waals surface area contributed by atoms with Gasteiger partial charge in [0, 0.05) is 12.0 Å². The Hall–Kier alpha value is -1.67. The lowest BCUT2D eigenvalue weighted by molar-refractivity contribution is -0.119. The fraction of sp³-hybridized carbons (Fsp3) is 0.409. The van der Waals surface area contributed by atoms with Gasteiger partial charge in [0.1, 0.15) is 13.9 Å². The summed E-state index contributed by atoms with van der Waals surface area (Å²) in [6.07, 6.45) is 2.67. The Morgan fingerprint density at radius 3 is 1.75 bits per heavy atom. The molecule has 2 aromatic rings. The highest BCUT2D eigenvalue weighted by molar-refractivity contribution is 7.04. The number of hydrogen-bond acceptors (Lipinski definition) is 1. The van der Waals surface area contributed by atoms with Crippen LogP contribution in [-0.2, 0) is 4.79 Å². The fourth-order valence-electron chi connectivity index (χ4n) is 3.94. The van der Waals surface area contributed by atoms with E-state index < -0.39 is 8.07 Å². The van der Waals surface area contributed by atoms with E-state index in [4.69, 9.17) is 0 Å². The Balaban J connectivity index is 2.65. The first-order chi connectivity index (χ1) is 11.6. The minimum Gasteiger partial charge on any atom is -0.300 e. The molecule has 0 radical (unpaired) electrons. The number of rotatable bonds is 8. The Labute approximate surface area is 148 Å². The molecule has 0 aliphatic carbocycles. The van der Waals surface area contributed by atoms with Crippen LogP contribution in [0.25, 0.3) is 0 Å². The molecule has 1 nitrogen and oxygen atoms in total. The summed E-state index contributed by atoms with van der Waals surface area (Å²) in [7, 11) is -2.16. The monoisotopic (exact) mass is 338 g/mol. The van der Waals surface area contributed by atoms with Crippen molar-refractivity contribution in [2.45, 2.75) is 52.1 Å². The molecule has 0 aromatic heterocycles. The highest BCUT2D eigenvalue weighted by Gasteiger charge is 2.45. The molecule has 2 heteroatoms. The molecule has 2 aromatic carbocycles. The molecule has 0 fully saturated rings. The van der Waals surface area contributed by atoms with Gasteiger partial charge in [0.25, 0.3) is 0 Å². The first-order valence-electron chi connectivity index (χ1n) is 9.19. The summed E-state index contributed by atoms with van der Waals surface area (Å²) in [6, 6.07) is 21.5. The summed E-state index contributed by atoms with van der Waals surface area (Å²) in [5.41, 5.74) is 0.132. The molecule has 2 atom stereocenters. The minimum atomic E-state index is -2.16. The molecular formula is C22H30OSi. The maximum atomic E-state index is 13.2. The van der Waals surface area contributed by atoms with Gasteiger partial charge in [-0.15, -0.1) is 0 Å². The van der Waals surface area contributed by atoms with Crippen LogP contribution in [0.4, 0.5) is 0 Å². The quantitative estimate of drug-likeness (QED) is 0.640. The predicted molar refractivity (Wildman–Crippen MR) is 107 cm³/mol. The van der Waals surface area contributed by atoms with Crippen molar-refractivity contribution in [1.29, 1.82) is 0 Å². The largest absolute Gasteiger partial charge is 0.300 e. The van der Waals surface area contributed by atoms with E-state index in [0.29, 0.717) is 18.1 Å². The van der Waals surface area contributed by atoms with Crippen molar-refractivity contribution in [3.63, 3.8) is 0 Å². The first kappa shape index (κ1) is 18.7. The molecule has 0 aliphatic heterocycles. The van der Waals surface area contributed by atoms with Crippen LogP contribution in [0.15, 0.2) is 60.7 Å². The zero-order chi connectivity index (χ0) is 17.6. The molecule has 128 valence electrons. The van der Waals surface area contributed by atoms with Crippen molar-refractivity contribution in [3.05, 3.63) is 60.7 Å². The normalized spacial score (nSPS) is 14.2. The van der Waals surface area contributed by atoms with Crippen LogP contribution in [0.3, 0.4) is 0 Å². The molecule has 0 amide bonds. The molecule has 0 heterocycles. The summed E-state index contributed by atoms with van der Waals surface area (Å²) in [6.45, 7) is 8.97. The van der Waals surface area contributed by atoms with Crippen LogP contribution in [0.2, 0.25) is 12.1 Å². The lowest BCUT2D eigenvalue weighted by Crippen LogP contribution is -2.62. The predicted octanol–water partition coefficient (Wildman–Crippen LogP) is 4.66. The van der Waals surface area contributed by atoms with E-state index in [1.807, 2.05) is 0 Å². The number of carbonyl (C=O) groups is 1. The van der Waals surface area contributed by atoms with Crippen molar-refractivity contribution in [2.75, 3.05) is 0 Å². The van der Waals surface area contributed by atoms with E-state index in [9.17, 15) is 4.79 Å². The molecule has 0 N–H and O–H groups in total. The Morgan fingerprint density at radius 1 is 0.917 bits per heavy atom. The second-order valence-electron chi connectivity index (χ2n) is 7.01. The Morgan fingerprint density at radius 2 is 1.38 bits per heavy atom. The second-order valence-corrected chi connectivity index (χ2v) is 11.2. The summed E-state index contributed by atoms with van der Waals surface area (Å²) in [5.74, 6) is 0.856. The van der Waals surface area contributed by atoms with Crippen LogP contribution in [0.5, 0.6) is 0 Å². The minimum absolute atomic E-state index is 0.132. The van der Waals surface area contributed by atoms with E-state index >= 15 is 0 Å². The van der Waals surface area contributed by atoms with Crippen LogP contribution in [0.1, 0.15) is 40.0 Å². The number of carbonyl (C=O) groups excluding carboxylic acids is 1. The van der Waals surface area contributed by atoms with Gasteiger partial charge in [-0.05, 0) is 12.3 Å². The van der Waals surface area contributed by atoms with Gasteiger partial charge in [-0.25, -0.2) is 0 Å². The lowest BCUT2D eigenvalue weighted by Gasteiger charge is -2.39. The molecule has 24 heavy (non-hydrogen) atoms. The SMILES string of the molecule is CCCC(=O)C(C(C)CC)[Si](C)(c1ccccc1)c1ccccc1. The van der Waals surface area contributed by atoms with Gasteiger partial charge in [0.2, 0.25) is 0 Å². The molecule has 0 saturated carbocycles. The molecular weight excluding hydrogens is 308 g/mol. The average Bonchev–Trinajstić information content (AvgIpc) is 2.63. The van der Waals surface area contributed by atoms with Crippen LogP contribution >= 0.6 is 0 Å². The third kappa shape index (κ3) is 3.70. The van der Waals surface area contributed by atoms with E-state index in [1.165, 1.54) is 10.4 Å². The Bertz CT molecular complexity index is 596. The summed E-state index contributed by atoms with van der Waals surface area (Å²) in [4.78, 5) is 13.2. The Kier molecular flexibility index (Phi) is 6.56. The molecule has 2 unspecified atom stereocenters. The summed E-state index contributed by atoms with van der Waals surface area (Å²) >= 11 is 0. The maximum absolute atomic E-state index is 13.2. The van der Waals surface area contributed by atoms with Gasteiger partial charge in [-0.3, -0.25) is 4.79 Å². The number of ketones is 1. The molecule has 0 spiro atoms. The van der Waals surface area contributed by atoms with E-state index in [0.717, 1.165) is 12.8 Å². The molecule has 2 rings (SSSR count). The number of hydrogen-bond donors (Lipinski definition) is 0.